The molecule has 17 rings (SSSR count). The Morgan fingerprint density at radius 3 is 1.27 bits per heavy atom. The molecule has 13 aromatic carbocycles. The Morgan fingerprint density at radius 2 is 0.719 bits per heavy atom. The van der Waals surface area contributed by atoms with Crippen molar-refractivity contribution in [2.45, 2.75) is 12.8 Å². The molecular weight excluding hydrogens is 1100 g/mol. The standard InChI is InChI=1S/C84H58N4S/c1-7-23-61(24-8-1)85(62-25-9-2-10-26-62)67-45-39-57(40-46-67)69-51-52-74-77-55-75(59-43-49-72-70-35-19-21-37-78(70)87(80(72)53-59)65-31-15-5-16-32-65)76(58-41-47-68(48-42-58)86(63-27-11-3-12-28-63)64-29-13-4-14-30-64)56-82(77)89-84(74)83(69)60-44-50-73-71-36-20-22-38-79(71)88(81(73)54-60)66-33-17-6-18-34-66/h1-3,5-13,15-56H,4,14H2. The SMILES string of the molecule is C1=CC(N(c2ccccc2)c2ccc(-c3cc4sc5c(-c6ccc7c8ccccc8n(-c8ccccc8)c7c6)c(-c6ccc(N(c7ccccc7)c7ccccc7)cc6)ccc5c4cc3-c3ccc4c5ccccc5n(-c5ccccc5)c4c3)cc2)=CCC1. The molecule has 0 aliphatic heterocycles. The van der Waals surface area contributed by atoms with Crippen LogP contribution in [-0.2, 0) is 0 Å². The fraction of sp³-hybridized carbons (Fsp3) is 0.0238. The lowest BCUT2D eigenvalue weighted by molar-refractivity contribution is 0.997. The minimum atomic E-state index is 1.02. The van der Waals surface area contributed by atoms with Gasteiger partial charge in [-0.2, -0.15) is 0 Å². The molecule has 420 valence electrons. The molecule has 0 saturated heterocycles. The number of rotatable bonds is 12. The second-order valence-corrected chi connectivity index (χ2v) is 24.1. The summed E-state index contributed by atoms with van der Waals surface area (Å²) in [4.78, 5) is 4.72. The smallest absolute Gasteiger partial charge is 0.0547 e. The maximum absolute atomic E-state index is 2.50. The number of para-hydroxylation sites is 7. The Morgan fingerprint density at radius 1 is 0.292 bits per heavy atom. The average Bonchev–Trinajstić information content (AvgIpc) is 1.73. The van der Waals surface area contributed by atoms with E-state index in [-0.39, 0.29) is 0 Å². The largest absolute Gasteiger partial charge is 0.311 e. The van der Waals surface area contributed by atoms with Gasteiger partial charge in [0.25, 0.3) is 0 Å². The van der Waals surface area contributed by atoms with Crippen molar-refractivity contribution in [1.29, 1.82) is 0 Å². The summed E-state index contributed by atoms with van der Waals surface area (Å²) in [6.45, 7) is 0. The highest BCUT2D eigenvalue weighted by Crippen LogP contribution is 2.50. The number of allylic oxidation sites excluding steroid dienone is 3. The summed E-state index contributed by atoms with van der Waals surface area (Å²) < 4.78 is 7.36. The van der Waals surface area contributed by atoms with E-state index in [0.717, 1.165) is 69.3 Å². The molecule has 0 unspecified atom stereocenters. The minimum Gasteiger partial charge on any atom is -0.311 e. The third-order valence-electron chi connectivity index (χ3n) is 17.9. The molecule has 4 nitrogen and oxygen atoms in total. The van der Waals surface area contributed by atoms with Crippen molar-refractivity contribution >= 4 is 104 Å². The number of benzene rings is 13. The maximum atomic E-state index is 2.50. The number of aromatic nitrogens is 2. The first-order valence-corrected chi connectivity index (χ1v) is 31.5. The van der Waals surface area contributed by atoms with Crippen LogP contribution in [0.3, 0.4) is 0 Å². The van der Waals surface area contributed by atoms with Crippen LogP contribution < -0.4 is 9.80 Å². The number of hydrogen-bond acceptors (Lipinski definition) is 3. The molecule has 0 radical (unpaired) electrons. The third-order valence-corrected chi connectivity index (χ3v) is 19.1. The molecule has 89 heavy (non-hydrogen) atoms. The number of anilines is 5. The van der Waals surface area contributed by atoms with Crippen molar-refractivity contribution < 1.29 is 0 Å². The Labute approximate surface area is 521 Å². The highest BCUT2D eigenvalue weighted by atomic mass is 32.1. The van der Waals surface area contributed by atoms with Gasteiger partial charge in [-0.05, 0) is 179 Å². The lowest BCUT2D eigenvalue weighted by atomic mass is 9.90. The van der Waals surface area contributed by atoms with Gasteiger partial charge in [-0.15, -0.1) is 11.3 Å². The van der Waals surface area contributed by atoms with E-state index < -0.39 is 0 Å². The van der Waals surface area contributed by atoms with Crippen molar-refractivity contribution in [3.63, 3.8) is 0 Å². The summed E-state index contributed by atoms with van der Waals surface area (Å²) >= 11 is 1.91. The van der Waals surface area contributed by atoms with Crippen molar-refractivity contribution in [1.82, 2.24) is 9.13 Å². The summed E-state index contributed by atoms with van der Waals surface area (Å²) in [7, 11) is 0. The Hall–Kier alpha value is -11.2. The van der Waals surface area contributed by atoms with E-state index >= 15 is 0 Å². The second-order valence-electron chi connectivity index (χ2n) is 23.1. The zero-order valence-corrected chi connectivity index (χ0v) is 49.6. The lowest BCUT2D eigenvalue weighted by Crippen LogP contribution is -2.16. The topological polar surface area (TPSA) is 16.3 Å². The molecule has 0 fully saturated rings. The van der Waals surface area contributed by atoms with Gasteiger partial charge >= 0.3 is 0 Å². The zero-order valence-electron chi connectivity index (χ0n) is 48.8. The van der Waals surface area contributed by atoms with Crippen LogP contribution in [0.25, 0.3) is 120 Å². The highest BCUT2D eigenvalue weighted by molar-refractivity contribution is 7.26. The summed E-state index contributed by atoms with van der Waals surface area (Å²) in [5.74, 6) is 0. The molecule has 0 saturated carbocycles. The maximum Gasteiger partial charge on any atom is 0.0547 e. The van der Waals surface area contributed by atoms with E-state index in [0.29, 0.717) is 0 Å². The molecule has 3 aromatic heterocycles. The monoisotopic (exact) mass is 1150 g/mol. The summed E-state index contributed by atoms with van der Waals surface area (Å²) in [6, 6.07) is 114. The molecule has 0 amide bonds. The molecule has 1 aliphatic carbocycles. The van der Waals surface area contributed by atoms with Gasteiger partial charge in [0.1, 0.15) is 0 Å². The van der Waals surface area contributed by atoms with Gasteiger partial charge in [0.05, 0.1) is 22.1 Å². The van der Waals surface area contributed by atoms with Crippen molar-refractivity contribution in [3.05, 3.63) is 333 Å². The van der Waals surface area contributed by atoms with E-state index in [2.05, 4.69) is 347 Å². The van der Waals surface area contributed by atoms with E-state index in [1.807, 2.05) is 11.3 Å². The third kappa shape index (κ3) is 9.05. The minimum absolute atomic E-state index is 1.02. The Bertz CT molecular complexity index is 5350. The van der Waals surface area contributed by atoms with Crippen LogP contribution in [-0.4, -0.2) is 9.13 Å². The summed E-state index contributed by atoms with van der Waals surface area (Å²) in [5, 5.41) is 7.41. The van der Waals surface area contributed by atoms with Crippen molar-refractivity contribution in [2.75, 3.05) is 9.80 Å². The number of thiophene rings is 1. The quantitative estimate of drug-likeness (QED) is 0.121. The molecule has 0 N–H and O–H groups in total. The van der Waals surface area contributed by atoms with E-state index in [1.165, 1.54) is 97.3 Å². The Balaban J connectivity index is 0.902. The summed E-state index contributed by atoms with van der Waals surface area (Å²) in [6.07, 6.45) is 8.99. The van der Waals surface area contributed by atoms with Gasteiger partial charge in [0.15, 0.2) is 0 Å². The number of nitrogens with zero attached hydrogens (tertiary/aromatic N) is 4. The predicted octanol–water partition coefficient (Wildman–Crippen LogP) is 23.8. The van der Waals surface area contributed by atoms with Crippen molar-refractivity contribution in [3.8, 4) is 55.9 Å². The summed E-state index contributed by atoms with van der Waals surface area (Å²) in [5.41, 5.74) is 23.2. The molecule has 16 aromatic rings. The van der Waals surface area contributed by atoms with Crippen LogP contribution in [0.15, 0.2) is 333 Å². The fourth-order valence-electron chi connectivity index (χ4n) is 13.8. The van der Waals surface area contributed by atoms with Gasteiger partial charge in [-0.1, -0.05) is 200 Å². The average molecular weight is 1160 g/mol. The molecule has 0 spiro atoms. The predicted molar refractivity (Wildman–Crippen MR) is 379 cm³/mol. The first-order valence-electron chi connectivity index (χ1n) is 30.7. The molecular formula is C84H58N4S. The van der Waals surface area contributed by atoms with Gasteiger partial charge < -0.3 is 18.9 Å². The van der Waals surface area contributed by atoms with Crippen LogP contribution in [0, 0.1) is 0 Å². The van der Waals surface area contributed by atoms with Crippen LogP contribution in [0.4, 0.5) is 28.4 Å². The molecule has 3 heterocycles. The number of fused-ring (bicyclic) bond motifs is 9. The second kappa shape index (κ2) is 21.9. The van der Waals surface area contributed by atoms with Crippen molar-refractivity contribution in [2.24, 2.45) is 0 Å². The van der Waals surface area contributed by atoms with Crippen LogP contribution >= 0.6 is 11.3 Å². The van der Waals surface area contributed by atoms with Gasteiger partial charge in [0.2, 0.25) is 0 Å². The van der Waals surface area contributed by atoms with Gasteiger partial charge in [0, 0.05) is 92.8 Å². The Kier molecular flexibility index (Phi) is 12.8. The molecule has 0 atom stereocenters. The van der Waals surface area contributed by atoms with Gasteiger partial charge in [-0.25, -0.2) is 0 Å². The van der Waals surface area contributed by atoms with E-state index in [1.54, 1.807) is 0 Å². The molecule has 0 bridgehead atoms. The lowest BCUT2D eigenvalue weighted by Gasteiger charge is -2.27. The van der Waals surface area contributed by atoms with Crippen LogP contribution in [0.2, 0.25) is 0 Å². The first kappa shape index (κ1) is 52.1. The first-order chi connectivity index (χ1) is 44.2. The molecule has 1 aliphatic rings. The highest BCUT2D eigenvalue weighted by Gasteiger charge is 2.24. The number of hydrogen-bond donors (Lipinski definition) is 0. The van der Waals surface area contributed by atoms with E-state index in [4.69, 9.17) is 0 Å². The molecule has 5 heteroatoms. The van der Waals surface area contributed by atoms with Crippen LogP contribution in [0.1, 0.15) is 12.8 Å². The normalized spacial score (nSPS) is 12.4. The van der Waals surface area contributed by atoms with E-state index in [9.17, 15) is 0 Å². The fourth-order valence-corrected chi connectivity index (χ4v) is 15.1. The van der Waals surface area contributed by atoms with Gasteiger partial charge in [-0.3, -0.25) is 0 Å². The van der Waals surface area contributed by atoms with Crippen LogP contribution in [0.5, 0.6) is 0 Å². The zero-order chi connectivity index (χ0) is 58.8.